The number of nitrogens with zero attached hydrogens (tertiary/aromatic N) is 3. The number of imidazole rings is 2. The lowest BCUT2D eigenvalue weighted by Crippen LogP contribution is -1.92. The zero-order valence-electron chi connectivity index (χ0n) is 20.0. The number of para-hydroxylation sites is 2. The molecule has 0 atom stereocenters. The van der Waals surface area contributed by atoms with Gasteiger partial charge in [-0.05, 0) is 53.6 Å². The van der Waals surface area contributed by atoms with Crippen LogP contribution in [0.4, 0.5) is 0 Å². The molecule has 174 valence electrons. The van der Waals surface area contributed by atoms with Crippen LogP contribution >= 0.6 is 0 Å². The summed E-state index contributed by atoms with van der Waals surface area (Å²) in [5, 5.41) is 2.51. The van der Waals surface area contributed by atoms with Gasteiger partial charge >= 0.3 is 0 Å². The molecule has 8 rings (SSSR count). The van der Waals surface area contributed by atoms with Crippen LogP contribution in [0.2, 0.25) is 0 Å². The number of nitrogens with one attached hydrogen (secondary N) is 1. The number of H-pyrrole nitrogens is 1. The minimum absolute atomic E-state index is 0.854. The highest BCUT2D eigenvalue weighted by Crippen LogP contribution is 2.35. The van der Waals surface area contributed by atoms with Crippen molar-refractivity contribution in [2.45, 2.75) is 0 Å². The lowest BCUT2D eigenvalue weighted by Gasteiger charge is -2.08. The Bertz CT molecular complexity index is 2080. The van der Waals surface area contributed by atoms with E-state index in [1.807, 2.05) is 18.2 Å². The predicted octanol–water partition coefficient (Wildman–Crippen LogP) is 8.25. The summed E-state index contributed by atoms with van der Waals surface area (Å²) in [4.78, 5) is 8.30. The van der Waals surface area contributed by atoms with E-state index in [2.05, 4.69) is 123 Å². The molecule has 0 aliphatic rings. The Morgan fingerprint density at radius 2 is 1.24 bits per heavy atom. The minimum atomic E-state index is 0.854. The van der Waals surface area contributed by atoms with E-state index in [-0.39, 0.29) is 0 Å². The molecule has 8 aromatic rings. The maximum Gasteiger partial charge on any atom is 0.212 e. The van der Waals surface area contributed by atoms with Crippen molar-refractivity contribution in [2.75, 3.05) is 0 Å². The van der Waals surface area contributed by atoms with Gasteiger partial charge in [0, 0.05) is 28.2 Å². The fourth-order valence-corrected chi connectivity index (χ4v) is 5.54. The quantitative estimate of drug-likeness (QED) is 0.275. The first-order valence-corrected chi connectivity index (χ1v) is 12.5. The number of aromatic amines is 1. The normalized spacial score (nSPS) is 11.8. The van der Waals surface area contributed by atoms with E-state index in [9.17, 15) is 0 Å². The summed E-state index contributed by atoms with van der Waals surface area (Å²) in [6.45, 7) is 0. The molecule has 4 nitrogen and oxygen atoms in total. The maximum atomic E-state index is 4.83. The Kier molecular flexibility index (Phi) is 4.19. The zero-order chi connectivity index (χ0) is 24.3. The zero-order valence-corrected chi connectivity index (χ0v) is 20.0. The highest BCUT2D eigenvalue weighted by atomic mass is 15.1. The smallest absolute Gasteiger partial charge is 0.212 e. The monoisotopic (exact) mass is 474 g/mol. The second-order valence-corrected chi connectivity index (χ2v) is 9.46. The molecule has 4 heteroatoms. The summed E-state index contributed by atoms with van der Waals surface area (Å²) >= 11 is 0. The molecule has 0 radical (unpaired) electrons. The van der Waals surface area contributed by atoms with Crippen LogP contribution in [0.1, 0.15) is 0 Å². The molecule has 0 unspecified atom stereocenters. The number of hydrogen-bond donors (Lipinski definition) is 1. The third kappa shape index (κ3) is 3.06. The minimum Gasteiger partial charge on any atom is -0.323 e. The van der Waals surface area contributed by atoms with Gasteiger partial charge in [-0.3, -0.25) is 4.40 Å². The first kappa shape index (κ1) is 20.1. The van der Waals surface area contributed by atoms with E-state index in [4.69, 9.17) is 4.98 Å². The molecule has 3 aromatic heterocycles. The number of aromatic nitrogens is 4. The first-order valence-electron chi connectivity index (χ1n) is 12.5. The molecule has 0 amide bonds. The van der Waals surface area contributed by atoms with Gasteiger partial charge in [0.2, 0.25) is 5.78 Å². The molecule has 1 N–H and O–H groups in total. The van der Waals surface area contributed by atoms with Crippen molar-refractivity contribution in [3.63, 3.8) is 0 Å². The Hall–Kier alpha value is -5.09. The number of fused-ring (bicyclic) bond motifs is 6. The first-order chi connectivity index (χ1) is 18.3. The molecule has 5 aromatic carbocycles. The molecule has 37 heavy (non-hydrogen) atoms. The number of rotatable bonds is 3. The fourth-order valence-electron chi connectivity index (χ4n) is 5.54. The van der Waals surface area contributed by atoms with Crippen molar-refractivity contribution >= 4 is 38.6 Å². The molecule has 0 aliphatic carbocycles. The average Bonchev–Trinajstić information content (AvgIpc) is 3.63. The van der Waals surface area contributed by atoms with E-state index in [1.54, 1.807) is 0 Å². The van der Waals surface area contributed by atoms with E-state index in [0.717, 1.165) is 28.1 Å². The Balaban J connectivity index is 1.31. The van der Waals surface area contributed by atoms with Crippen LogP contribution in [0.3, 0.4) is 0 Å². The van der Waals surface area contributed by atoms with E-state index in [0.29, 0.717) is 0 Å². The van der Waals surface area contributed by atoms with Gasteiger partial charge < -0.3 is 9.55 Å². The second-order valence-electron chi connectivity index (χ2n) is 9.46. The lowest BCUT2D eigenvalue weighted by atomic mass is 10.0. The molecule has 0 aliphatic heterocycles. The highest BCUT2D eigenvalue weighted by Gasteiger charge is 2.14. The van der Waals surface area contributed by atoms with Crippen LogP contribution < -0.4 is 0 Å². The molecule has 0 spiro atoms. The standard InChI is InChI=1S/C33H22N4/c1-3-9-22(10-4-1)29-21-36-32-20-24(15-17-28(32)34-33(36)35-29)23-16-18-31-27(19-23)26-13-7-8-14-30(26)37(31)25-11-5-2-6-12-25/h1-21H,(H,34,35). The fraction of sp³-hybridized carbons (Fsp3) is 0. The Morgan fingerprint density at radius 1 is 0.541 bits per heavy atom. The van der Waals surface area contributed by atoms with Crippen LogP contribution in [0.5, 0.6) is 0 Å². The largest absolute Gasteiger partial charge is 0.323 e. The van der Waals surface area contributed by atoms with E-state index >= 15 is 0 Å². The van der Waals surface area contributed by atoms with Crippen LogP contribution in [0.25, 0.3) is 66.7 Å². The van der Waals surface area contributed by atoms with Crippen molar-refractivity contribution in [1.29, 1.82) is 0 Å². The van der Waals surface area contributed by atoms with Gasteiger partial charge in [0.15, 0.2) is 0 Å². The molecule has 0 saturated heterocycles. The average molecular weight is 475 g/mol. The van der Waals surface area contributed by atoms with Crippen LogP contribution in [0.15, 0.2) is 128 Å². The summed E-state index contributed by atoms with van der Waals surface area (Å²) in [6.07, 6.45) is 2.12. The molecular formula is C33H22N4. The summed E-state index contributed by atoms with van der Waals surface area (Å²) in [5.41, 5.74) is 10.3. The summed E-state index contributed by atoms with van der Waals surface area (Å²) in [7, 11) is 0. The summed E-state index contributed by atoms with van der Waals surface area (Å²) in [5.74, 6) is 0.854. The van der Waals surface area contributed by atoms with Crippen molar-refractivity contribution in [1.82, 2.24) is 18.9 Å². The van der Waals surface area contributed by atoms with Gasteiger partial charge in [0.05, 0.1) is 27.8 Å². The van der Waals surface area contributed by atoms with Crippen molar-refractivity contribution in [3.05, 3.63) is 128 Å². The summed E-state index contributed by atoms with van der Waals surface area (Å²) in [6, 6.07) is 42.9. The molecular weight excluding hydrogens is 452 g/mol. The van der Waals surface area contributed by atoms with E-state index < -0.39 is 0 Å². The third-order valence-corrected chi connectivity index (χ3v) is 7.30. The molecule has 0 saturated carbocycles. The Labute approximate surface area is 213 Å². The highest BCUT2D eigenvalue weighted by molar-refractivity contribution is 6.10. The van der Waals surface area contributed by atoms with Crippen molar-refractivity contribution in [3.8, 4) is 28.1 Å². The van der Waals surface area contributed by atoms with Gasteiger partial charge in [-0.25, -0.2) is 4.98 Å². The molecule has 3 heterocycles. The van der Waals surface area contributed by atoms with Gasteiger partial charge in [-0.15, -0.1) is 0 Å². The second kappa shape index (κ2) is 7.70. The maximum absolute atomic E-state index is 4.83. The van der Waals surface area contributed by atoms with E-state index in [1.165, 1.54) is 38.6 Å². The predicted molar refractivity (Wildman–Crippen MR) is 152 cm³/mol. The van der Waals surface area contributed by atoms with Crippen molar-refractivity contribution in [2.24, 2.45) is 0 Å². The Morgan fingerprint density at radius 3 is 2.11 bits per heavy atom. The van der Waals surface area contributed by atoms with Gasteiger partial charge in [0.1, 0.15) is 0 Å². The third-order valence-electron chi connectivity index (χ3n) is 7.30. The van der Waals surface area contributed by atoms with Crippen molar-refractivity contribution < 1.29 is 0 Å². The van der Waals surface area contributed by atoms with Gasteiger partial charge in [0.25, 0.3) is 0 Å². The molecule has 0 fully saturated rings. The van der Waals surface area contributed by atoms with Crippen LogP contribution in [-0.4, -0.2) is 18.9 Å². The topological polar surface area (TPSA) is 38.0 Å². The lowest BCUT2D eigenvalue weighted by molar-refractivity contribution is 1.18. The SMILES string of the molecule is c1ccc(-c2cn3c(n2)[nH]c2ccc(-c4ccc5c(c4)c4ccccc4n5-c4ccccc4)cc23)cc1. The molecule has 0 bridgehead atoms. The number of benzene rings is 5. The summed E-state index contributed by atoms with van der Waals surface area (Å²) < 4.78 is 4.50. The van der Waals surface area contributed by atoms with Gasteiger partial charge in [-0.2, -0.15) is 0 Å². The van der Waals surface area contributed by atoms with Gasteiger partial charge in [-0.1, -0.05) is 78.9 Å². The van der Waals surface area contributed by atoms with Crippen LogP contribution in [-0.2, 0) is 0 Å². The number of hydrogen-bond acceptors (Lipinski definition) is 1. The van der Waals surface area contributed by atoms with Crippen LogP contribution in [0, 0.1) is 0 Å².